The number of amides is 1. The quantitative estimate of drug-likeness (QED) is 0.374. The summed E-state index contributed by atoms with van der Waals surface area (Å²) < 4.78 is 13.0. The summed E-state index contributed by atoms with van der Waals surface area (Å²) in [5, 5.41) is 14.0. The maximum atomic E-state index is 12.5. The van der Waals surface area contributed by atoms with Crippen molar-refractivity contribution in [3.8, 4) is 11.5 Å². The summed E-state index contributed by atoms with van der Waals surface area (Å²) in [4.78, 5) is 14.4. The Morgan fingerprint density at radius 1 is 1.09 bits per heavy atom. The SMILES string of the molecule is O=C(CSc1nnc(C2CC2)n1/N=C\c1cccc(Oc2ccccc2)c1)N1CCOCC1. The fourth-order valence-electron chi connectivity index (χ4n) is 3.51. The molecule has 2 aliphatic rings. The lowest BCUT2D eigenvalue weighted by molar-refractivity contribution is -0.132. The first-order valence-corrected chi connectivity index (χ1v) is 12.1. The van der Waals surface area contributed by atoms with Crippen LogP contribution in [0.5, 0.6) is 11.5 Å². The molecule has 2 aromatic carbocycles. The van der Waals surface area contributed by atoms with Crippen molar-refractivity contribution in [1.29, 1.82) is 0 Å². The zero-order valence-corrected chi connectivity index (χ0v) is 19.0. The summed E-state index contributed by atoms with van der Waals surface area (Å²) in [5.74, 6) is 3.14. The molecule has 1 aliphatic carbocycles. The Kier molecular flexibility index (Phi) is 6.68. The highest BCUT2D eigenvalue weighted by Crippen LogP contribution is 2.40. The second kappa shape index (κ2) is 10.2. The molecule has 170 valence electrons. The molecule has 3 aromatic rings. The van der Waals surface area contributed by atoms with Crippen molar-refractivity contribution in [1.82, 2.24) is 19.8 Å². The van der Waals surface area contributed by atoms with E-state index in [9.17, 15) is 4.79 Å². The maximum absolute atomic E-state index is 12.5. The standard InChI is InChI=1S/C24H25N5O3S/c30-22(28-11-13-31-14-12-28)17-33-24-27-26-23(19-9-10-19)29(24)25-16-18-5-4-8-21(15-18)32-20-6-2-1-3-7-20/h1-8,15-16,19H,9-14,17H2/b25-16-. The van der Waals surface area contributed by atoms with Crippen molar-refractivity contribution >= 4 is 23.9 Å². The van der Waals surface area contributed by atoms with E-state index in [2.05, 4.69) is 15.3 Å². The second-order valence-corrected chi connectivity index (χ2v) is 8.88. The number of morpholine rings is 1. The number of para-hydroxylation sites is 1. The van der Waals surface area contributed by atoms with E-state index in [0.29, 0.717) is 43.1 Å². The van der Waals surface area contributed by atoms with E-state index in [4.69, 9.17) is 9.47 Å². The first-order chi connectivity index (χ1) is 16.3. The molecule has 0 N–H and O–H groups in total. The molecule has 0 radical (unpaired) electrons. The van der Waals surface area contributed by atoms with Crippen LogP contribution in [0, 0.1) is 0 Å². The highest BCUT2D eigenvalue weighted by atomic mass is 32.2. The average Bonchev–Trinajstić information content (AvgIpc) is 3.63. The molecule has 8 nitrogen and oxygen atoms in total. The number of ether oxygens (including phenoxy) is 2. The fraction of sp³-hybridized carbons (Fsp3) is 0.333. The summed E-state index contributed by atoms with van der Waals surface area (Å²) in [6, 6.07) is 17.4. The first-order valence-electron chi connectivity index (χ1n) is 11.1. The summed E-state index contributed by atoms with van der Waals surface area (Å²) in [5.41, 5.74) is 0.902. The summed E-state index contributed by atoms with van der Waals surface area (Å²) in [6.07, 6.45) is 3.96. The van der Waals surface area contributed by atoms with E-state index in [0.717, 1.165) is 35.7 Å². The monoisotopic (exact) mass is 463 g/mol. The lowest BCUT2D eigenvalue weighted by atomic mass is 10.2. The molecule has 1 saturated carbocycles. The number of hydrogen-bond donors (Lipinski definition) is 0. The van der Waals surface area contributed by atoms with Gasteiger partial charge in [-0.25, -0.2) is 0 Å². The molecule has 1 aliphatic heterocycles. The van der Waals surface area contributed by atoms with Gasteiger partial charge < -0.3 is 14.4 Å². The Bertz CT molecular complexity index is 1120. The van der Waals surface area contributed by atoms with Gasteiger partial charge in [-0.3, -0.25) is 4.79 Å². The van der Waals surface area contributed by atoms with Crippen LogP contribution in [0.25, 0.3) is 0 Å². The molecule has 33 heavy (non-hydrogen) atoms. The number of nitrogens with zero attached hydrogens (tertiary/aromatic N) is 5. The maximum Gasteiger partial charge on any atom is 0.233 e. The molecular formula is C24H25N5O3S. The van der Waals surface area contributed by atoms with Crippen LogP contribution in [0.15, 0.2) is 64.9 Å². The molecular weight excluding hydrogens is 438 g/mol. The van der Waals surface area contributed by atoms with Crippen LogP contribution in [0.4, 0.5) is 0 Å². The fourth-order valence-corrected chi connectivity index (χ4v) is 4.31. The van der Waals surface area contributed by atoms with E-state index in [1.54, 1.807) is 10.9 Å². The molecule has 1 saturated heterocycles. The smallest absolute Gasteiger partial charge is 0.233 e. The number of hydrogen-bond acceptors (Lipinski definition) is 7. The largest absolute Gasteiger partial charge is 0.457 e. The van der Waals surface area contributed by atoms with E-state index in [1.807, 2.05) is 59.5 Å². The molecule has 0 unspecified atom stereocenters. The van der Waals surface area contributed by atoms with E-state index in [1.165, 1.54) is 11.8 Å². The molecule has 0 bridgehead atoms. The third kappa shape index (κ3) is 5.61. The zero-order chi connectivity index (χ0) is 22.5. The Labute approximate surface area is 196 Å². The van der Waals surface area contributed by atoms with Crippen molar-refractivity contribution in [2.75, 3.05) is 32.1 Å². The predicted octanol–water partition coefficient (Wildman–Crippen LogP) is 3.78. The van der Waals surface area contributed by atoms with Gasteiger partial charge in [0.2, 0.25) is 11.1 Å². The normalized spacial score (nSPS) is 16.3. The van der Waals surface area contributed by atoms with Gasteiger partial charge in [-0.2, -0.15) is 9.78 Å². The van der Waals surface area contributed by atoms with Crippen molar-refractivity contribution in [2.24, 2.45) is 5.10 Å². The highest BCUT2D eigenvalue weighted by molar-refractivity contribution is 7.99. The topological polar surface area (TPSA) is 81.8 Å². The van der Waals surface area contributed by atoms with Gasteiger partial charge in [0.15, 0.2) is 5.82 Å². The third-order valence-corrected chi connectivity index (χ3v) is 6.33. The Morgan fingerprint density at radius 2 is 1.88 bits per heavy atom. The highest BCUT2D eigenvalue weighted by Gasteiger charge is 2.31. The van der Waals surface area contributed by atoms with Crippen LogP contribution in [-0.2, 0) is 9.53 Å². The number of aromatic nitrogens is 3. The third-order valence-electron chi connectivity index (χ3n) is 5.43. The number of carbonyl (C=O) groups excluding carboxylic acids is 1. The molecule has 1 amide bonds. The first kappa shape index (κ1) is 21.7. The number of carbonyl (C=O) groups is 1. The zero-order valence-electron chi connectivity index (χ0n) is 18.2. The lowest BCUT2D eigenvalue weighted by Crippen LogP contribution is -2.41. The van der Waals surface area contributed by atoms with E-state index < -0.39 is 0 Å². The second-order valence-electron chi connectivity index (χ2n) is 7.94. The van der Waals surface area contributed by atoms with Gasteiger partial charge in [0.05, 0.1) is 25.2 Å². The van der Waals surface area contributed by atoms with Crippen LogP contribution in [-0.4, -0.2) is 64.0 Å². The van der Waals surface area contributed by atoms with Gasteiger partial charge >= 0.3 is 0 Å². The Morgan fingerprint density at radius 3 is 2.67 bits per heavy atom. The van der Waals surface area contributed by atoms with Gasteiger partial charge in [0.1, 0.15) is 11.5 Å². The molecule has 2 fully saturated rings. The lowest BCUT2D eigenvalue weighted by Gasteiger charge is -2.26. The molecule has 5 rings (SSSR count). The average molecular weight is 464 g/mol. The van der Waals surface area contributed by atoms with Gasteiger partial charge in [-0.05, 0) is 42.7 Å². The van der Waals surface area contributed by atoms with Gasteiger partial charge in [0.25, 0.3) is 0 Å². The molecule has 9 heteroatoms. The Hall–Kier alpha value is -3.17. The van der Waals surface area contributed by atoms with E-state index >= 15 is 0 Å². The van der Waals surface area contributed by atoms with Crippen molar-refractivity contribution in [3.05, 3.63) is 66.0 Å². The minimum absolute atomic E-state index is 0.0839. The van der Waals surface area contributed by atoms with Crippen LogP contribution >= 0.6 is 11.8 Å². The summed E-state index contributed by atoms with van der Waals surface area (Å²) in [6.45, 7) is 2.46. The Balaban J connectivity index is 1.30. The van der Waals surface area contributed by atoms with Crippen LogP contribution in [0.3, 0.4) is 0 Å². The minimum Gasteiger partial charge on any atom is -0.457 e. The number of thioether (sulfide) groups is 1. The van der Waals surface area contributed by atoms with Crippen molar-refractivity contribution in [2.45, 2.75) is 23.9 Å². The summed E-state index contributed by atoms with van der Waals surface area (Å²) in [7, 11) is 0. The minimum atomic E-state index is 0.0839. The number of benzene rings is 2. The van der Waals surface area contributed by atoms with Gasteiger partial charge in [-0.15, -0.1) is 10.2 Å². The molecule has 0 spiro atoms. The molecule has 2 heterocycles. The van der Waals surface area contributed by atoms with Gasteiger partial charge in [-0.1, -0.05) is 42.1 Å². The van der Waals surface area contributed by atoms with E-state index in [-0.39, 0.29) is 5.91 Å². The molecule has 0 atom stereocenters. The molecule has 1 aromatic heterocycles. The van der Waals surface area contributed by atoms with Crippen molar-refractivity contribution < 1.29 is 14.3 Å². The summed E-state index contributed by atoms with van der Waals surface area (Å²) >= 11 is 1.37. The van der Waals surface area contributed by atoms with Crippen LogP contribution < -0.4 is 4.74 Å². The van der Waals surface area contributed by atoms with Gasteiger partial charge in [0, 0.05) is 19.0 Å². The number of rotatable bonds is 8. The predicted molar refractivity (Wildman–Crippen MR) is 126 cm³/mol. The van der Waals surface area contributed by atoms with Crippen LogP contribution in [0.2, 0.25) is 0 Å². The van der Waals surface area contributed by atoms with Crippen LogP contribution in [0.1, 0.15) is 30.1 Å². The van der Waals surface area contributed by atoms with Crippen molar-refractivity contribution in [3.63, 3.8) is 0 Å².